The first-order valence-electron chi connectivity index (χ1n) is 7.07. The molecule has 1 aliphatic rings. The van der Waals surface area contributed by atoms with Gasteiger partial charge >= 0.3 is 0 Å². The minimum absolute atomic E-state index is 0.122. The Balaban J connectivity index is 1.83. The molecule has 0 heterocycles. The van der Waals surface area contributed by atoms with Crippen LogP contribution in [0.25, 0.3) is 0 Å². The first-order valence-corrected chi connectivity index (χ1v) is 9.89. The summed E-state index contributed by atoms with van der Waals surface area (Å²) in [5.74, 6) is 0.122. The summed E-state index contributed by atoms with van der Waals surface area (Å²) in [5.41, 5.74) is 1.39. The molecule has 2 rings (SSSR count). The number of halogens is 2. The van der Waals surface area contributed by atoms with Crippen molar-refractivity contribution in [3.63, 3.8) is 0 Å². The highest BCUT2D eigenvalue weighted by Crippen LogP contribution is 2.30. The lowest BCUT2D eigenvalue weighted by Crippen LogP contribution is -2.20. The maximum atomic E-state index is 12.1. The second kappa shape index (κ2) is 7.31. The van der Waals surface area contributed by atoms with Crippen molar-refractivity contribution in [1.82, 2.24) is 5.32 Å². The molecule has 4 nitrogen and oxygen atoms in total. The lowest BCUT2D eigenvalue weighted by Gasteiger charge is -2.11. The molecule has 1 aromatic rings. The van der Waals surface area contributed by atoms with E-state index < -0.39 is 10.0 Å². The van der Waals surface area contributed by atoms with Gasteiger partial charge in [0.05, 0.1) is 11.4 Å². The molecular formula is C14H20BrClN2O2S. The molecule has 0 radical (unpaired) electrons. The van der Waals surface area contributed by atoms with E-state index in [0.29, 0.717) is 27.6 Å². The maximum Gasteiger partial charge on any atom is 0.232 e. The number of unbranched alkanes of at least 4 members (excludes halogenated alkanes) is 1. The van der Waals surface area contributed by atoms with E-state index in [2.05, 4.69) is 26.0 Å². The number of anilines is 1. The van der Waals surface area contributed by atoms with Crippen LogP contribution >= 0.6 is 27.5 Å². The number of aryl methyl sites for hydroxylation is 1. The Bertz CT molecular complexity index is 603. The Labute approximate surface area is 139 Å². The van der Waals surface area contributed by atoms with Crippen LogP contribution in [0.15, 0.2) is 16.6 Å². The van der Waals surface area contributed by atoms with Crippen LogP contribution in [-0.4, -0.2) is 26.8 Å². The molecule has 21 heavy (non-hydrogen) atoms. The van der Waals surface area contributed by atoms with Gasteiger partial charge in [-0.25, -0.2) is 8.42 Å². The highest BCUT2D eigenvalue weighted by atomic mass is 79.9. The van der Waals surface area contributed by atoms with Crippen LogP contribution in [0, 0.1) is 6.92 Å². The molecule has 0 aromatic heterocycles. The summed E-state index contributed by atoms with van der Waals surface area (Å²) in [5, 5.41) is 3.92. The molecule has 0 atom stereocenters. The Kier molecular flexibility index (Phi) is 5.94. The van der Waals surface area contributed by atoms with Gasteiger partial charge in [-0.1, -0.05) is 11.6 Å². The molecule has 1 fully saturated rings. The number of sulfonamides is 1. The summed E-state index contributed by atoms with van der Waals surface area (Å²) in [6.45, 7) is 2.76. The summed E-state index contributed by atoms with van der Waals surface area (Å²) in [7, 11) is -3.34. The van der Waals surface area contributed by atoms with Crippen LogP contribution in [-0.2, 0) is 10.0 Å². The first-order chi connectivity index (χ1) is 9.87. The fraction of sp³-hybridized carbons (Fsp3) is 0.571. The van der Waals surface area contributed by atoms with E-state index in [1.807, 2.05) is 6.92 Å². The van der Waals surface area contributed by atoms with E-state index in [1.54, 1.807) is 12.1 Å². The lowest BCUT2D eigenvalue weighted by atomic mass is 10.2. The highest BCUT2D eigenvalue weighted by Gasteiger charge is 2.19. The van der Waals surface area contributed by atoms with Gasteiger partial charge in [0, 0.05) is 15.5 Å². The van der Waals surface area contributed by atoms with Crippen molar-refractivity contribution in [2.24, 2.45) is 0 Å². The van der Waals surface area contributed by atoms with Gasteiger partial charge in [-0.15, -0.1) is 0 Å². The maximum absolute atomic E-state index is 12.1. The van der Waals surface area contributed by atoms with E-state index in [-0.39, 0.29) is 5.75 Å². The molecule has 118 valence electrons. The molecule has 7 heteroatoms. The quantitative estimate of drug-likeness (QED) is 0.660. The van der Waals surface area contributed by atoms with Gasteiger partial charge in [-0.05, 0) is 72.8 Å². The molecule has 0 bridgehead atoms. The zero-order valence-corrected chi connectivity index (χ0v) is 15.1. The van der Waals surface area contributed by atoms with Gasteiger partial charge in [0.25, 0.3) is 0 Å². The Morgan fingerprint density at radius 2 is 2.05 bits per heavy atom. The van der Waals surface area contributed by atoms with Gasteiger partial charge in [-0.3, -0.25) is 4.72 Å². The van der Waals surface area contributed by atoms with E-state index in [1.165, 1.54) is 12.8 Å². The summed E-state index contributed by atoms with van der Waals surface area (Å²) in [6.07, 6.45) is 4.02. The van der Waals surface area contributed by atoms with Crippen LogP contribution < -0.4 is 10.0 Å². The first kappa shape index (κ1) is 17.1. The van der Waals surface area contributed by atoms with Crippen LogP contribution in [0.5, 0.6) is 0 Å². The fourth-order valence-electron chi connectivity index (χ4n) is 1.95. The zero-order chi connectivity index (χ0) is 15.5. The van der Waals surface area contributed by atoms with E-state index in [9.17, 15) is 8.42 Å². The van der Waals surface area contributed by atoms with Crippen LogP contribution in [0.3, 0.4) is 0 Å². The predicted octanol–water partition coefficient (Wildman–Crippen LogP) is 3.68. The predicted molar refractivity (Wildman–Crippen MR) is 91.6 cm³/mol. The monoisotopic (exact) mass is 394 g/mol. The van der Waals surface area contributed by atoms with Crippen molar-refractivity contribution in [1.29, 1.82) is 0 Å². The SMILES string of the molecule is Cc1cc(Br)c(NS(=O)(=O)CCCCNC2CC2)cc1Cl. The van der Waals surface area contributed by atoms with E-state index in [4.69, 9.17) is 11.6 Å². The van der Waals surface area contributed by atoms with Gasteiger partial charge in [0.1, 0.15) is 0 Å². The summed E-state index contributed by atoms with van der Waals surface area (Å²) in [6, 6.07) is 4.11. The normalized spacial score (nSPS) is 15.2. The average molecular weight is 396 g/mol. The number of rotatable bonds is 8. The smallest absolute Gasteiger partial charge is 0.232 e. The number of hydrogen-bond acceptors (Lipinski definition) is 3. The van der Waals surface area contributed by atoms with Crippen molar-refractivity contribution in [2.45, 2.75) is 38.6 Å². The second-order valence-electron chi connectivity index (χ2n) is 5.44. The lowest BCUT2D eigenvalue weighted by molar-refractivity contribution is 0.591. The fourth-order valence-corrected chi connectivity index (χ4v) is 4.00. The minimum atomic E-state index is -3.34. The van der Waals surface area contributed by atoms with Crippen LogP contribution in [0.2, 0.25) is 5.02 Å². The molecule has 0 aliphatic heterocycles. The third-order valence-electron chi connectivity index (χ3n) is 3.36. The molecule has 0 saturated heterocycles. The van der Waals surface area contributed by atoms with Crippen LogP contribution in [0.1, 0.15) is 31.2 Å². The van der Waals surface area contributed by atoms with E-state index >= 15 is 0 Å². The topological polar surface area (TPSA) is 58.2 Å². The molecule has 1 aromatic carbocycles. The van der Waals surface area contributed by atoms with Crippen molar-refractivity contribution in [3.05, 3.63) is 27.2 Å². The number of benzene rings is 1. The molecule has 1 saturated carbocycles. The molecule has 1 aliphatic carbocycles. The largest absolute Gasteiger partial charge is 0.314 e. The van der Waals surface area contributed by atoms with Gasteiger partial charge in [0.2, 0.25) is 10.0 Å². The highest BCUT2D eigenvalue weighted by molar-refractivity contribution is 9.10. The Morgan fingerprint density at radius 1 is 1.33 bits per heavy atom. The summed E-state index contributed by atoms with van der Waals surface area (Å²) >= 11 is 9.39. The van der Waals surface area contributed by atoms with Gasteiger partial charge < -0.3 is 5.32 Å². The standard InChI is InChI=1S/C14H20BrClN2O2S/c1-10-8-12(15)14(9-13(10)16)18-21(19,20)7-3-2-6-17-11-4-5-11/h8-9,11,17-18H,2-7H2,1H3. The molecular weight excluding hydrogens is 376 g/mol. The average Bonchev–Trinajstić information content (AvgIpc) is 3.19. The summed E-state index contributed by atoms with van der Waals surface area (Å²) in [4.78, 5) is 0. The third kappa shape index (κ3) is 5.77. The van der Waals surface area contributed by atoms with Crippen molar-refractivity contribution in [3.8, 4) is 0 Å². The molecule has 0 spiro atoms. The zero-order valence-electron chi connectivity index (χ0n) is 12.0. The molecule has 2 N–H and O–H groups in total. The number of hydrogen-bond donors (Lipinski definition) is 2. The van der Waals surface area contributed by atoms with Crippen LogP contribution in [0.4, 0.5) is 5.69 Å². The minimum Gasteiger partial charge on any atom is -0.314 e. The Hall–Kier alpha value is -0.300. The van der Waals surface area contributed by atoms with Gasteiger partial charge in [-0.2, -0.15) is 0 Å². The molecule has 0 amide bonds. The van der Waals surface area contributed by atoms with Gasteiger partial charge in [0.15, 0.2) is 0 Å². The van der Waals surface area contributed by atoms with Crippen molar-refractivity contribution in [2.75, 3.05) is 17.0 Å². The van der Waals surface area contributed by atoms with Crippen molar-refractivity contribution < 1.29 is 8.42 Å². The van der Waals surface area contributed by atoms with E-state index in [0.717, 1.165) is 18.5 Å². The second-order valence-corrected chi connectivity index (χ2v) is 8.54. The summed E-state index contributed by atoms with van der Waals surface area (Å²) < 4.78 is 27.4. The van der Waals surface area contributed by atoms with Crippen molar-refractivity contribution >= 4 is 43.2 Å². The Morgan fingerprint density at radius 3 is 2.71 bits per heavy atom. The molecule has 0 unspecified atom stereocenters. The number of nitrogens with one attached hydrogen (secondary N) is 2. The third-order valence-corrected chi connectivity index (χ3v) is 5.78.